The zero-order valence-corrected chi connectivity index (χ0v) is 17.7. The van der Waals surface area contributed by atoms with Crippen molar-refractivity contribution in [2.45, 2.75) is 32.0 Å². The standard InChI is InChI=1S/C24H25FN4O3/c25-18-2-1-3-19(13-18)28-10-8-27(9-11-28)14-16-4-5-20-17(12-16)15-29(24(20)32)21-6-7-22(30)26-23(21)31/h1-5,12-13,21H,6-11,14-15H2,(H,26,30,31). The second-order valence-corrected chi connectivity index (χ2v) is 8.63. The Morgan fingerprint density at radius 3 is 2.56 bits per heavy atom. The van der Waals surface area contributed by atoms with Gasteiger partial charge in [-0.3, -0.25) is 24.6 Å². The van der Waals surface area contributed by atoms with E-state index < -0.39 is 11.9 Å². The Kier molecular flexibility index (Phi) is 5.38. The molecule has 0 aliphatic carbocycles. The molecule has 2 saturated heterocycles. The van der Waals surface area contributed by atoms with E-state index in [2.05, 4.69) is 21.2 Å². The Morgan fingerprint density at radius 1 is 1.00 bits per heavy atom. The van der Waals surface area contributed by atoms with Gasteiger partial charge in [-0.15, -0.1) is 0 Å². The number of fused-ring (bicyclic) bond motifs is 1. The average Bonchev–Trinajstić information content (AvgIpc) is 3.10. The number of nitrogens with one attached hydrogen (secondary N) is 1. The summed E-state index contributed by atoms with van der Waals surface area (Å²) in [5.74, 6) is -1.04. The molecular formula is C24H25FN4O3. The molecule has 2 fully saturated rings. The van der Waals surface area contributed by atoms with E-state index in [1.807, 2.05) is 18.2 Å². The van der Waals surface area contributed by atoms with Crippen LogP contribution >= 0.6 is 0 Å². The van der Waals surface area contributed by atoms with Gasteiger partial charge in [-0.05, 0) is 41.8 Å². The highest BCUT2D eigenvalue weighted by Crippen LogP contribution is 2.28. The van der Waals surface area contributed by atoms with Crippen molar-refractivity contribution in [3.05, 3.63) is 65.0 Å². The van der Waals surface area contributed by atoms with Gasteiger partial charge in [-0.1, -0.05) is 18.2 Å². The summed E-state index contributed by atoms with van der Waals surface area (Å²) in [6.07, 6.45) is 0.621. The van der Waals surface area contributed by atoms with Crippen LogP contribution in [0.4, 0.5) is 10.1 Å². The molecule has 32 heavy (non-hydrogen) atoms. The third-order valence-electron chi connectivity index (χ3n) is 6.54. The topological polar surface area (TPSA) is 73.0 Å². The van der Waals surface area contributed by atoms with Gasteiger partial charge in [-0.2, -0.15) is 0 Å². The second-order valence-electron chi connectivity index (χ2n) is 8.63. The molecule has 3 heterocycles. The van der Waals surface area contributed by atoms with E-state index in [4.69, 9.17) is 0 Å². The molecule has 2 aromatic rings. The number of anilines is 1. The summed E-state index contributed by atoms with van der Waals surface area (Å²) in [5, 5.41) is 2.33. The largest absolute Gasteiger partial charge is 0.369 e. The van der Waals surface area contributed by atoms with Crippen molar-refractivity contribution in [2.24, 2.45) is 0 Å². The fraction of sp³-hybridized carbons (Fsp3) is 0.375. The van der Waals surface area contributed by atoms with Gasteiger partial charge in [0.15, 0.2) is 0 Å². The van der Waals surface area contributed by atoms with E-state index in [1.165, 1.54) is 6.07 Å². The fourth-order valence-electron chi connectivity index (χ4n) is 4.82. The van der Waals surface area contributed by atoms with Crippen LogP contribution in [0.25, 0.3) is 0 Å². The van der Waals surface area contributed by atoms with Crippen LogP contribution in [-0.2, 0) is 22.7 Å². The molecule has 0 saturated carbocycles. The number of piperazine rings is 1. The Bertz CT molecular complexity index is 1080. The molecule has 0 spiro atoms. The van der Waals surface area contributed by atoms with E-state index in [0.29, 0.717) is 18.5 Å². The highest BCUT2D eigenvalue weighted by Gasteiger charge is 2.39. The van der Waals surface area contributed by atoms with Gasteiger partial charge in [0.2, 0.25) is 11.8 Å². The first kappa shape index (κ1) is 20.6. The van der Waals surface area contributed by atoms with Gasteiger partial charge >= 0.3 is 0 Å². The molecule has 1 atom stereocenters. The maximum absolute atomic E-state index is 13.5. The summed E-state index contributed by atoms with van der Waals surface area (Å²) in [4.78, 5) is 42.6. The van der Waals surface area contributed by atoms with E-state index >= 15 is 0 Å². The van der Waals surface area contributed by atoms with E-state index in [0.717, 1.165) is 49.5 Å². The van der Waals surface area contributed by atoms with Crippen LogP contribution in [0.1, 0.15) is 34.3 Å². The van der Waals surface area contributed by atoms with Crippen LogP contribution < -0.4 is 10.2 Å². The number of carbonyl (C=O) groups is 3. The lowest BCUT2D eigenvalue weighted by Crippen LogP contribution is -2.52. The maximum Gasteiger partial charge on any atom is 0.255 e. The predicted molar refractivity (Wildman–Crippen MR) is 116 cm³/mol. The molecule has 3 amide bonds. The number of amides is 3. The number of rotatable bonds is 4. The molecule has 3 aliphatic rings. The van der Waals surface area contributed by atoms with Crippen LogP contribution in [-0.4, -0.2) is 59.7 Å². The second kappa shape index (κ2) is 8.35. The highest BCUT2D eigenvalue weighted by molar-refractivity contribution is 6.05. The minimum absolute atomic E-state index is 0.148. The van der Waals surface area contributed by atoms with Crippen molar-refractivity contribution in [1.82, 2.24) is 15.1 Å². The van der Waals surface area contributed by atoms with Crippen molar-refractivity contribution in [3.63, 3.8) is 0 Å². The molecule has 0 aromatic heterocycles. The smallest absolute Gasteiger partial charge is 0.255 e. The van der Waals surface area contributed by atoms with Gasteiger partial charge in [0, 0.05) is 56.9 Å². The summed E-state index contributed by atoms with van der Waals surface area (Å²) >= 11 is 0. The number of nitrogens with zero attached hydrogens (tertiary/aromatic N) is 3. The number of carbonyl (C=O) groups excluding carboxylic acids is 3. The van der Waals surface area contributed by atoms with Crippen molar-refractivity contribution in [3.8, 4) is 0 Å². The highest BCUT2D eigenvalue weighted by atomic mass is 19.1. The van der Waals surface area contributed by atoms with E-state index in [-0.39, 0.29) is 24.1 Å². The lowest BCUT2D eigenvalue weighted by Gasteiger charge is -2.36. The third kappa shape index (κ3) is 3.98. The Hall–Kier alpha value is -3.26. The SMILES string of the molecule is O=C1CCC(N2Cc3cc(CN4CCN(c5cccc(F)c5)CC4)ccc3C2=O)C(=O)N1. The van der Waals surface area contributed by atoms with Crippen molar-refractivity contribution < 1.29 is 18.8 Å². The minimum Gasteiger partial charge on any atom is -0.369 e. The van der Waals surface area contributed by atoms with Crippen molar-refractivity contribution in [1.29, 1.82) is 0 Å². The summed E-state index contributed by atoms with van der Waals surface area (Å²) in [5.41, 5.74) is 3.60. The van der Waals surface area contributed by atoms with Gasteiger partial charge in [-0.25, -0.2) is 4.39 Å². The molecule has 0 radical (unpaired) electrons. The number of halogens is 1. The average molecular weight is 436 g/mol. The third-order valence-corrected chi connectivity index (χ3v) is 6.54. The molecular weight excluding hydrogens is 411 g/mol. The first-order chi connectivity index (χ1) is 15.5. The van der Waals surface area contributed by atoms with E-state index in [1.54, 1.807) is 17.0 Å². The summed E-state index contributed by atoms with van der Waals surface area (Å²) in [7, 11) is 0. The lowest BCUT2D eigenvalue weighted by molar-refractivity contribution is -0.136. The van der Waals surface area contributed by atoms with Gasteiger partial charge in [0.25, 0.3) is 5.91 Å². The predicted octanol–water partition coefficient (Wildman–Crippen LogP) is 1.91. The lowest BCUT2D eigenvalue weighted by atomic mass is 10.0. The zero-order valence-electron chi connectivity index (χ0n) is 17.7. The molecule has 8 heteroatoms. The first-order valence-corrected chi connectivity index (χ1v) is 11.0. The fourth-order valence-corrected chi connectivity index (χ4v) is 4.82. The number of benzene rings is 2. The van der Waals surface area contributed by atoms with Crippen LogP contribution in [0, 0.1) is 5.82 Å². The molecule has 5 rings (SSSR count). The Labute approximate surface area is 185 Å². The van der Waals surface area contributed by atoms with Gasteiger partial charge in [0.1, 0.15) is 11.9 Å². The van der Waals surface area contributed by atoms with Crippen molar-refractivity contribution in [2.75, 3.05) is 31.1 Å². The van der Waals surface area contributed by atoms with Crippen LogP contribution in [0.5, 0.6) is 0 Å². The summed E-state index contributed by atoms with van der Waals surface area (Å²) in [6, 6.07) is 12.0. The molecule has 7 nitrogen and oxygen atoms in total. The number of hydrogen-bond donors (Lipinski definition) is 1. The Balaban J connectivity index is 1.21. The zero-order chi connectivity index (χ0) is 22.2. The Morgan fingerprint density at radius 2 is 1.81 bits per heavy atom. The van der Waals surface area contributed by atoms with Crippen LogP contribution in [0.15, 0.2) is 42.5 Å². The van der Waals surface area contributed by atoms with Gasteiger partial charge < -0.3 is 9.80 Å². The molecule has 2 aromatic carbocycles. The summed E-state index contributed by atoms with van der Waals surface area (Å²) in [6.45, 7) is 4.56. The van der Waals surface area contributed by atoms with E-state index in [9.17, 15) is 18.8 Å². The number of imide groups is 1. The molecule has 1 unspecified atom stereocenters. The maximum atomic E-state index is 13.5. The summed E-state index contributed by atoms with van der Waals surface area (Å²) < 4.78 is 13.5. The number of piperidine rings is 1. The molecule has 3 aliphatic heterocycles. The van der Waals surface area contributed by atoms with Gasteiger partial charge in [0.05, 0.1) is 0 Å². The normalized spacial score (nSPS) is 21.7. The minimum atomic E-state index is -0.591. The quantitative estimate of drug-likeness (QED) is 0.742. The van der Waals surface area contributed by atoms with Crippen molar-refractivity contribution >= 4 is 23.4 Å². The molecule has 0 bridgehead atoms. The molecule has 1 N–H and O–H groups in total. The van der Waals surface area contributed by atoms with Crippen LogP contribution in [0.3, 0.4) is 0 Å². The molecule has 166 valence electrons. The van der Waals surface area contributed by atoms with Crippen LogP contribution in [0.2, 0.25) is 0 Å². The number of hydrogen-bond acceptors (Lipinski definition) is 5. The first-order valence-electron chi connectivity index (χ1n) is 11.0. The monoisotopic (exact) mass is 436 g/mol.